The number of guanidine groups is 1. The van der Waals surface area contributed by atoms with Gasteiger partial charge in [-0.1, -0.05) is 51.0 Å². The van der Waals surface area contributed by atoms with E-state index >= 15 is 0 Å². The molecule has 0 aromatic heterocycles. The van der Waals surface area contributed by atoms with Crippen LogP contribution in [0.25, 0.3) is 0 Å². The van der Waals surface area contributed by atoms with Gasteiger partial charge in [0.05, 0.1) is 0 Å². The lowest BCUT2D eigenvalue weighted by atomic mass is 10.1. The molecule has 1 amide bonds. The first-order valence-electron chi connectivity index (χ1n) is 8.56. The maximum Gasteiger partial charge on any atom is 0.246 e. The lowest BCUT2D eigenvalue weighted by Crippen LogP contribution is -2.33. The number of rotatable bonds is 10. The molecule has 0 atom stereocenters. The van der Waals surface area contributed by atoms with Gasteiger partial charge in [-0.05, 0) is 24.6 Å². The summed E-state index contributed by atoms with van der Waals surface area (Å²) in [7, 11) is 0. The molecule has 4 N–H and O–H groups in total. The van der Waals surface area contributed by atoms with Crippen molar-refractivity contribution in [2.24, 2.45) is 10.7 Å². The molecule has 0 bridgehead atoms. The molecule has 0 saturated heterocycles. The van der Waals surface area contributed by atoms with Gasteiger partial charge in [0.1, 0.15) is 6.54 Å². The van der Waals surface area contributed by atoms with Crippen LogP contribution >= 0.6 is 0 Å². The van der Waals surface area contributed by atoms with Crippen LogP contribution in [0.4, 0.5) is 5.69 Å². The molecule has 24 heavy (non-hydrogen) atoms. The minimum absolute atomic E-state index is 0.0182. The van der Waals surface area contributed by atoms with Gasteiger partial charge in [0.2, 0.25) is 5.91 Å². The number of nitrogens with zero attached hydrogens (tertiary/aromatic N) is 1. The number of hydrogen-bond acceptors (Lipinski definition) is 2. The van der Waals surface area contributed by atoms with Gasteiger partial charge >= 0.3 is 0 Å². The third-order valence-corrected chi connectivity index (χ3v) is 3.54. The van der Waals surface area contributed by atoms with Crippen LogP contribution in [-0.4, -0.2) is 25.0 Å². The maximum atomic E-state index is 11.8. The molecule has 0 unspecified atom stereocenters. The Kier molecular flexibility index (Phi) is 9.79. The molecular formula is C19H28N4O. The molecule has 130 valence electrons. The van der Waals surface area contributed by atoms with Gasteiger partial charge in [-0.15, -0.1) is 6.42 Å². The molecule has 1 aromatic carbocycles. The van der Waals surface area contributed by atoms with E-state index in [1.54, 1.807) is 24.3 Å². The molecule has 1 aromatic rings. The van der Waals surface area contributed by atoms with Crippen molar-refractivity contribution in [3.8, 4) is 12.3 Å². The first kappa shape index (κ1) is 19.6. The lowest BCUT2D eigenvalue weighted by molar-refractivity contribution is -0.114. The number of nitrogens with two attached hydrogens (primary N) is 1. The van der Waals surface area contributed by atoms with Crippen molar-refractivity contribution >= 4 is 17.6 Å². The number of hydrogen-bond donors (Lipinski definition) is 3. The van der Waals surface area contributed by atoms with Crippen LogP contribution in [0, 0.1) is 12.3 Å². The van der Waals surface area contributed by atoms with Crippen molar-refractivity contribution < 1.29 is 4.79 Å². The van der Waals surface area contributed by atoms with E-state index in [-0.39, 0.29) is 12.5 Å². The molecule has 0 aliphatic heterocycles. The minimum atomic E-state index is -0.228. The number of benzene rings is 1. The van der Waals surface area contributed by atoms with E-state index in [0.717, 1.165) is 18.5 Å². The molecule has 0 heterocycles. The van der Waals surface area contributed by atoms with Gasteiger partial charge in [-0.2, -0.15) is 0 Å². The highest BCUT2D eigenvalue weighted by Crippen LogP contribution is 2.09. The fourth-order valence-corrected chi connectivity index (χ4v) is 2.22. The molecule has 0 aliphatic carbocycles. The predicted octanol–water partition coefficient (Wildman–Crippen LogP) is 2.87. The first-order valence-corrected chi connectivity index (χ1v) is 8.56. The van der Waals surface area contributed by atoms with Gasteiger partial charge in [0.15, 0.2) is 5.96 Å². The van der Waals surface area contributed by atoms with Crippen LogP contribution in [-0.2, 0) is 4.79 Å². The molecule has 0 spiro atoms. The van der Waals surface area contributed by atoms with Gasteiger partial charge in [0.25, 0.3) is 0 Å². The molecule has 0 fully saturated rings. The summed E-state index contributed by atoms with van der Waals surface area (Å²) in [5, 5.41) is 5.78. The summed E-state index contributed by atoms with van der Waals surface area (Å²) in [5.74, 6) is 2.60. The highest BCUT2D eigenvalue weighted by molar-refractivity contribution is 5.94. The Morgan fingerprint density at radius 1 is 1.25 bits per heavy atom. The quantitative estimate of drug-likeness (QED) is 0.267. The summed E-state index contributed by atoms with van der Waals surface area (Å²) in [6, 6.07) is 7.12. The third-order valence-electron chi connectivity index (χ3n) is 3.54. The van der Waals surface area contributed by atoms with Gasteiger partial charge in [-0.3, -0.25) is 4.79 Å². The lowest BCUT2D eigenvalue weighted by Gasteiger charge is -2.06. The summed E-state index contributed by atoms with van der Waals surface area (Å²) in [5.41, 5.74) is 7.13. The monoisotopic (exact) mass is 328 g/mol. The van der Waals surface area contributed by atoms with Crippen molar-refractivity contribution in [2.45, 2.75) is 45.4 Å². The van der Waals surface area contributed by atoms with Crippen LogP contribution in [0.3, 0.4) is 0 Å². The zero-order valence-electron chi connectivity index (χ0n) is 14.5. The van der Waals surface area contributed by atoms with Crippen molar-refractivity contribution in [2.75, 3.05) is 18.4 Å². The number of aliphatic imine (C=N–C) groups is 1. The second-order valence-corrected chi connectivity index (χ2v) is 5.67. The van der Waals surface area contributed by atoms with E-state index < -0.39 is 0 Å². The Morgan fingerprint density at radius 3 is 2.75 bits per heavy atom. The zero-order chi connectivity index (χ0) is 17.6. The first-order chi connectivity index (χ1) is 11.7. The Hall–Kier alpha value is -2.48. The van der Waals surface area contributed by atoms with E-state index in [4.69, 9.17) is 12.2 Å². The maximum absolute atomic E-state index is 11.8. The average molecular weight is 328 g/mol. The van der Waals surface area contributed by atoms with Gasteiger partial charge in [-0.25, -0.2) is 4.99 Å². The fourth-order valence-electron chi connectivity index (χ4n) is 2.22. The number of terminal acetylenes is 1. The number of unbranched alkanes of at least 4 members (excludes halogenated alkanes) is 5. The summed E-state index contributed by atoms with van der Waals surface area (Å²) in [4.78, 5) is 15.9. The van der Waals surface area contributed by atoms with E-state index in [1.807, 2.05) is 0 Å². The second kappa shape index (κ2) is 12.0. The smallest absolute Gasteiger partial charge is 0.246 e. The Balaban J connectivity index is 2.21. The van der Waals surface area contributed by atoms with Crippen LogP contribution in [0.1, 0.15) is 51.0 Å². The number of carbonyl (C=O) groups excluding carboxylic acids is 1. The molecule has 0 saturated carbocycles. The SMILES string of the molecule is C#Cc1cccc(NC(=O)CN=C(N)NCCCCCCCC)c1. The van der Waals surface area contributed by atoms with Gasteiger partial charge < -0.3 is 16.4 Å². The number of nitrogens with one attached hydrogen (secondary N) is 2. The van der Waals surface area contributed by atoms with Crippen LogP contribution in [0.15, 0.2) is 29.3 Å². The van der Waals surface area contributed by atoms with Crippen molar-refractivity contribution in [1.82, 2.24) is 5.32 Å². The van der Waals surface area contributed by atoms with E-state index in [2.05, 4.69) is 28.5 Å². The molecular weight excluding hydrogens is 300 g/mol. The zero-order valence-corrected chi connectivity index (χ0v) is 14.5. The van der Waals surface area contributed by atoms with Crippen molar-refractivity contribution in [3.63, 3.8) is 0 Å². The van der Waals surface area contributed by atoms with E-state index in [0.29, 0.717) is 11.6 Å². The molecule has 0 aliphatic rings. The second-order valence-electron chi connectivity index (χ2n) is 5.67. The van der Waals surface area contributed by atoms with Crippen molar-refractivity contribution in [1.29, 1.82) is 0 Å². The summed E-state index contributed by atoms with van der Waals surface area (Å²) in [6.45, 7) is 2.98. The van der Waals surface area contributed by atoms with E-state index in [1.165, 1.54) is 32.1 Å². The fraction of sp³-hybridized carbons (Fsp3) is 0.474. The topological polar surface area (TPSA) is 79.5 Å². The molecule has 0 radical (unpaired) electrons. The predicted molar refractivity (Wildman–Crippen MR) is 101 cm³/mol. The standard InChI is InChI=1S/C19H28N4O/c1-3-5-6-7-8-9-13-21-19(20)22-15-18(24)23-17-12-10-11-16(4-2)14-17/h2,10-12,14H,3,5-9,13,15H2,1H3,(H,23,24)(H3,20,21,22). The number of anilines is 1. The number of amides is 1. The largest absolute Gasteiger partial charge is 0.370 e. The number of carbonyl (C=O) groups is 1. The van der Waals surface area contributed by atoms with Gasteiger partial charge in [0, 0.05) is 17.8 Å². The molecule has 1 rings (SSSR count). The Bertz CT molecular complexity index is 575. The molecule has 5 heteroatoms. The highest BCUT2D eigenvalue weighted by atomic mass is 16.1. The van der Waals surface area contributed by atoms with E-state index in [9.17, 15) is 4.79 Å². The van der Waals surface area contributed by atoms with Crippen molar-refractivity contribution in [3.05, 3.63) is 29.8 Å². The molecule has 5 nitrogen and oxygen atoms in total. The third kappa shape index (κ3) is 8.84. The summed E-state index contributed by atoms with van der Waals surface area (Å²) in [6.07, 6.45) is 12.7. The Morgan fingerprint density at radius 2 is 2.00 bits per heavy atom. The van der Waals surface area contributed by atoms with Crippen LogP contribution < -0.4 is 16.4 Å². The summed E-state index contributed by atoms with van der Waals surface area (Å²) >= 11 is 0. The summed E-state index contributed by atoms with van der Waals surface area (Å²) < 4.78 is 0. The van der Waals surface area contributed by atoms with Crippen LogP contribution in [0.2, 0.25) is 0 Å². The van der Waals surface area contributed by atoms with Crippen LogP contribution in [0.5, 0.6) is 0 Å². The highest BCUT2D eigenvalue weighted by Gasteiger charge is 2.02. The average Bonchev–Trinajstić information content (AvgIpc) is 2.59. The Labute approximate surface area is 145 Å². The normalized spacial score (nSPS) is 10.9. The minimum Gasteiger partial charge on any atom is -0.370 e.